The number of amides is 1. The lowest BCUT2D eigenvalue weighted by Crippen LogP contribution is -2.32. The zero-order chi connectivity index (χ0) is 34.6. The second-order valence-electron chi connectivity index (χ2n) is 10.9. The lowest BCUT2D eigenvalue weighted by Gasteiger charge is -2.23. The maximum absolute atomic E-state index is 13.6. The van der Waals surface area contributed by atoms with Crippen molar-refractivity contribution in [3.63, 3.8) is 0 Å². The van der Waals surface area contributed by atoms with Gasteiger partial charge in [0, 0.05) is 46.6 Å². The first-order valence-electron chi connectivity index (χ1n) is 13.7. The Hall–Kier alpha value is -4.74. The maximum Gasteiger partial charge on any atom is 0.416 e. The van der Waals surface area contributed by atoms with Crippen molar-refractivity contribution in [2.45, 2.75) is 57.0 Å². The molecule has 250 valence electrons. The number of cyclic esters (lactones) is 1. The Labute approximate surface area is 263 Å². The normalized spacial score (nSPS) is 17.3. The van der Waals surface area contributed by atoms with E-state index in [1.54, 1.807) is 19.9 Å². The van der Waals surface area contributed by atoms with Gasteiger partial charge in [-0.3, -0.25) is 10.00 Å². The molecule has 0 radical (unpaired) electrons. The Morgan fingerprint density at radius 3 is 2.15 bits per heavy atom. The van der Waals surface area contributed by atoms with Gasteiger partial charge >= 0.3 is 18.4 Å². The number of pyridine rings is 1. The summed E-state index contributed by atoms with van der Waals surface area (Å²) in [5, 5.41) is 6.47. The second-order valence-corrected chi connectivity index (χ2v) is 12.8. The Morgan fingerprint density at radius 2 is 1.62 bits per heavy atom. The number of alkyl halides is 6. The number of benzene rings is 1. The van der Waals surface area contributed by atoms with Crippen molar-refractivity contribution < 1.29 is 49.0 Å². The third-order valence-electron chi connectivity index (χ3n) is 7.58. The molecule has 1 saturated heterocycles. The zero-order valence-electron chi connectivity index (χ0n) is 25.3. The molecular weight excluding hydrogens is 658 g/mol. The van der Waals surface area contributed by atoms with Gasteiger partial charge in [-0.05, 0) is 50.6 Å². The number of ether oxygens (including phenoxy) is 2. The molecule has 18 heteroatoms. The molecule has 1 aliphatic heterocycles. The van der Waals surface area contributed by atoms with Crippen molar-refractivity contribution in [2.75, 3.05) is 13.4 Å². The molecule has 0 aliphatic carbocycles. The van der Waals surface area contributed by atoms with Crippen molar-refractivity contribution in [1.82, 2.24) is 30.0 Å². The molecule has 3 aromatic heterocycles. The molecular formula is C29H26F6N6O5S. The van der Waals surface area contributed by atoms with Gasteiger partial charge in [0.25, 0.3) is 0 Å². The van der Waals surface area contributed by atoms with Crippen molar-refractivity contribution in [3.8, 4) is 28.1 Å². The van der Waals surface area contributed by atoms with E-state index in [9.17, 15) is 39.6 Å². The summed E-state index contributed by atoms with van der Waals surface area (Å²) in [4.78, 5) is 26.7. The fourth-order valence-electron chi connectivity index (χ4n) is 5.31. The molecule has 47 heavy (non-hydrogen) atoms. The third kappa shape index (κ3) is 6.59. The highest BCUT2D eigenvalue weighted by Crippen LogP contribution is 2.42. The SMILES string of the molecule is COc1ncc(-c2c(C)n[nH]c2C)cc1-c1cnc(S(C)(=O)=O)nc1CN1C(=O)O[C@H](c2cc(C(F)(F)F)cc(C(F)(F)F)c2)[C@@H]1C. The van der Waals surface area contributed by atoms with E-state index in [-0.39, 0.29) is 23.2 Å². The first-order chi connectivity index (χ1) is 21.8. The summed E-state index contributed by atoms with van der Waals surface area (Å²) in [5.74, 6) is 0.0862. The molecule has 0 saturated carbocycles. The molecule has 4 aromatic rings. The van der Waals surface area contributed by atoms with E-state index in [1.165, 1.54) is 26.4 Å². The molecule has 11 nitrogen and oxygen atoms in total. The average Bonchev–Trinajstić information content (AvgIpc) is 3.47. The van der Waals surface area contributed by atoms with Gasteiger partial charge in [0.15, 0.2) is 0 Å². The van der Waals surface area contributed by atoms with Gasteiger partial charge in [-0.1, -0.05) is 0 Å². The predicted molar refractivity (Wildman–Crippen MR) is 153 cm³/mol. The number of aromatic amines is 1. The molecule has 2 atom stereocenters. The van der Waals surface area contributed by atoms with E-state index in [2.05, 4.69) is 25.1 Å². The van der Waals surface area contributed by atoms with Gasteiger partial charge in [0.2, 0.25) is 20.9 Å². The van der Waals surface area contributed by atoms with Gasteiger partial charge in [-0.25, -0.2) is 28.2 Å². The van der Waals surface area contributed by atoms with E-state index < -0.39 is 68.8 Å². The van der Waals surface area contributed by atoms with Crippen LogP contribution in [0.4, 0.5) is 31.1 Å². The largest absolute Gasteiger partial charge is 0.481 e. The number of hydrogen-bond donors (Lipinski definition) is 1. The predicted octanol–water partition coefficient (Wildman–Crippen LogP) is 6.08. The quantitative estimate of drug-likeness (QED) is 0.181. The van der Waals surface area contributed by atoms with Gasteiger partial charge in [-0.2, -0.15) is 31.4 Å². The molecule has 1 fully saturated rings. The summed E-state index contributed by atoms with van der Waals surface area (Å²) in [6, 6.07) is 1.51. The van der Waals surface area contributed by atoms with E-state index in [0.717, 1.165) is 22.4 Å². The molecule has 1 aromatic carbocycles. The fourth-order valence-corrected chi connectivity index (χ4v) is 5.83. The summed E-state index contributed by atoms with van der Waals surface area (Å²) in [6.07, 6.45) is -9.26. The number of aryl methyl sites for hydroxylation is 2. The number of sulfone groups is 1. The number of carbonyl (C=O) groups excluding carboxylic acids is 1. The Kier molecular flexibility index (Phi) is 8.45. The summed E-state index contributed by atoms with van der Waals surface area (Å²) in [6.45, 7) is 4.47. The number of rotatable bonds is 7. The van der Waals surface area contributed by atoms with Crippen LogP contribution in [0.15, 0.2) is 41.8 Å². The third-order valence-corrected chi connectivity index (χ3v) is 8.44. The van der Waals surface area contributed by atoms with Crippen LogP contribution in [0.3, 0.4) is 0 Å². The van der Waals surface area contributed by atoms with Crippen molar-refractivity contribution in [2.24, 2.45) is 0 Å². The van der Waals surface area contributed by atoms with E-state index in [4.69, 9.17) is 9.47 Å². The first-order valence-corrected chi connectivity index (χ1v) is 15.6. The highest BCUT2D eigenvalue weighted by Gasteiger charge is 2.43. The van der Waals surface area contributed by atoms with Gasteiger partial charge < -0.3 is 9.47 Å². The fraction of sp³-hybridized carbons (Fsp3) is 0.345. The summed E-state index contributed by atoms with van der Waals surface area (Å²) < 4.78 is 117. The van der Waals surface area contributed by atoms with Crippen molar-refractivity contribution in [3.05, 3.63) is 70.4 Å². The first kappa shape index (κ1) is 33.6. The van der Waals surface area contributed by atoms with Crippen LogP contribution in [0, 0.1) is 13.8 Å². The average molecular weight is 685 g/mol. The van der Waals surface area contributed by atoms with Crippen LogP contribution in [0.5, 0.6) is 5.88 Å². The minimum Gasteiger partial charge on any atom is -0.481 e. The van der Waals surface area contributed by atoms with Gasteiger partial charge in [0.05, 0.1) is 42.2 Å². The number of nitrogens with one attached hydrogen (secondary N) is 1. The van der Waals surface area contributed by atoms with Crippen LogP contribution >= 0.6 is 0 Å². The Balaban J connectivity index is 1.60. The summed E-state index contributed by atoms with van der Waals surface area (Å²) in [5.41, 5.74) is -0.502. The molecule has 1 N–H and O–H groups in total. The van der Waals surface area contributed by atoms with Crippen molar-refractivity contribution in [1.29, 1.82) is 0 Å². The second kappa shape index (κ2) is 11.8. The summed E-state index contributed by atoms with van der Waals surface area (Å²) in [7, 11) is -2.63. The van der Waals surface area contributed by atoms with Gasteiger partial charge in [0.1, 0.15) is 6.10 Å². The number of hydrogen-bond acceptors (Lipinski definition) is 9. The van der Waals surface area contributed by atoms with E-state index in [0.29, 0.717) is 29.0 Å². The molecule has 1 amide bonds. The van der Waals surface area contributed by atoms with E-state index >= 15 is 0 Å². The molecule has 4 heterocycles. The number of H-pyrrole nitrogens is 1. The maximum atomic E-state index is 13.6. The monoisotopic (exact) mass is 684 g/mol. The topological polar surface area (TPSA) is 140 Å². The number of halogens is 6. The number of carbonyl (C=O) groups is 1. The molecule has 5 rings (SSSR count). The standard InChI is InChI=1S/C29H26F6N6O5S/c1-13-23(14(2)40-39-13)17-8-20(25(45-4)36-10-17)21-11-37-26(47(5,43)44)38-22(21)12-41-15(3)24(46-27(41)42)16-6-18(28(30,31)32)9-19(7-16)29(33,34)35/h6-11,15,24H,12H2,1-5H3,(H,39,40)/t15-,24-/m0/s1. The molecule has 1 aliphatic rings. The minimum atomic E-state index is -5.12. The van der Waals surface area contributed by atoms with Gasteiger partial charge in [-0.15, -0.1) is 0 Å². The van der Waals surface area contributed by atoms with Crippen LogP contribution in [0.25, 0.3) is 22.3 Å². The van der Waals surface area contributed by atoms with Crippen molar-refractivity contribution >= 4 is 15.9 Å². The molecule has 0 spiro atoms. The van der Waals surface area contributed by atoms with Crippen LogP contribution in [0.1, 0.15) is 46.8 Å². The number of nitrogens with zero attached hydrogens (tertiary/aromatic N) is 5. The molecule has 0 bridgehead atoms. The minimum absolute atomic E-state index is 0.0232. The van der Waals surface area contributed by atoms with Crippen LogP contribution in [-0.2, 0) is 33.5 Å². The van der Waals surface area contributed by atoms with Crippen LogP contribution in [0.2, 0.25) is 0 Å². The number of aromatic nitrogens is 5. The lowest BCUT2D eigenvalue weighted by atomic mass is 9.97. The van der Waals surface area contributed by atoms with Crippen LogP contribution in [-0.4, -0.2) is 64.0 Å². The van der Waals surface area contributed by atoms with E-state index in [1.807, 2.05) is 0 Å². The van der Waals surface area contributed by atoms with Crippen LogP contribution < -0.4 is 4.74 Å². The zero-order valence-corrected chi connectivity index (χ0v) is 26.1. The number of methoxy groups -OCH3 is 1. The smallest absolute Gasteiger partial charge is 0.416 e. The Bertz CT molecular complexity index is 1930. The molecule has 0 unspecified atom stereocenters. The lowest BCUT2D eigenvalue weighted by molar-refractivity contribution is -0.143. The Morgan fingerprint density at radius 1 is 0.979 bits per heavy atom. The summed E-state index contributed by atoms with van der Waals surface area (Å²) >= 11 is 0. The highest BCUT2D eigenvalue weighted by atomic mass is 32.2. The highest BCUT2D eigenvalue weighted by molar-refractivity contribution is 7.90.